The van der Waals surface area contributed by atoms with Crippen molar-refractivity contribution in [1.82, 2.24) is 15.5 Å². The fourth-order valence-corrected chi connectivity index (χ4v) is 4.49. The lowest BCUT2D eigenvalue weighted by atomic mass is 9.83. The van der Waals surface area contributed by atoms with E-state index in [2.05, 4.69) is 10.6 Å². The third-order valence-electron chi connectivity index (χ3n) is 6.63. The molecule has 1 aliphatic heterocycles. The van der Waals surface area contributed by atoms with Crippen LogP contribution in [-0.4, -0.2) is 72.8 Å². The average Bonchev–Trinajstić information content (AvgIpc) is 3.19. The second-order valence-corrected chi connectivity index (χ2v) is 10.5. The van der Waals surface area contributed by atoms with Gasteiger partial charge in [-0.25, -0.2) is 0 Å². The maximum absolute atomic E-state index is 13.6. The number of hydrogen-bond acceptors (Lipinski definition) is 7. The molecule has 0 radical (unpaired) electrons. The highest BCUT2D eigenvalue weighted by Crippen LogP contribution is 2.36. The van der Waals surface area contributed by atoms with E-state index in [1.807, 2.05) is 27.7 Å². The van der Waals surface area contributed by atoms with Crippen LogP contribution in [0.4, 0.5) is 0 Å². The molecular formula is C29H36N4O7. The van der Waals surface area contributed by atoms with Gasteiger partial charge in [0.25, 0.3) is 11.8 Å². The molecule has 11 nitrogen and oxygen atoms in total. The second-order valence-electron chi connectivity index (χ2n) is 10.5. The fraction of sp³-hybridized carbons (Fsp3) is 0.414. The molecule has 0 bridgehead atoms. The Balaban J connectivity index is 1.98. The maximum Gasteiger partial charge on any atom is 0.325 e. The van der Waals surface area contributed by atoms with E-state index < -0.39 is 23.3 Å². The van der Waals surface area contributed by atoms with Gasteiger partial charge >= 0.3 is 5.97 Å². The lowest BCUT2D eigenvalue weighted by Crippen LogP contribution is -2.38. The summed E-state index contributed by atoms with van der Waals surface area (Å²) in [7, 11) is 2.93. The number of ketones is 1. The molecule has 40 heavy (non-hydrogen) atoms. The van der Waals surface area contributed by atoms with Gasteiger partial charge in [-0.15, -0.1) is 0 Å². The molecule has 0 aliphatic carbocycles. The van der Waals surface area contributed by atoms with Crippen LogP contribution in [0.2, 0.25) is 0 Å². The number of Topliss-reactive ketones (excluding diaryl/α,β-unsaturated/α-hetero) is 1. The molecule has 0 fully saturated rings. The third-order valence-corrected chi connectivity index (χ3v) is 6.63. The van der Waals surface area contributed by atoms with Crippen LogP contribution in [0.15, 0.2) is 24.3 Å². The van der Waals surface area contributed by atoms with Crippen molar-refractivity contribution in [3.05, 3.63) is 57.6 Å². The van der Waals surface area contributed by atoms with E-state index in [1.54, 1.807) is 23.1 Å². The van der Waals surface area contributed by atoms with E-state index in [9.17, 15) is 24.3 Å². The van der Waals surface area contributed by atoms with Gasteiger partial charge in [0.15, 0.2) is 5.78 Å². The zero-order valence-electron chi connectivity index (χ0n) is 23.9. The number of nitrogens with one attached hydrogen (secondary N) is 3. The zero-order valence-corrected chi connectivity index (χ0v) is 23.9. The van der Waals surface area contributed by atoms with Crippen LogP contribution in [-0.2, 0) is 16.8 Å². The van der Waals surface area contributed by atoms with Crippen molar-refractivity contribution in [3.63, 3.8) is 0 Å². The number of carbonyl (C=O) groups excluding carboxylic acids is 3. The van der Waals surface area contributed by atoms with E-state index >= 15 is 0 Å². The molecule has 0 spiro atoms. The third kappa shape index (κ3) is 6.08. The lowest BCUT2D eigenvalue weighted by Gasteiger charge is -2.25. The van der Waals surface area contributed by atoms with E-state index in [1.165, 1.54) is 27.1 Å². The Hall–Kier alpha value is -4.41. The molecule has 214 valence electrons. The number of ether oxygens (including phenoxy) is 2. The summed E-state index contributed by atoms with van der Waals surface area (Å²) in [6.45, 7) is 9.35. The highest BCUT2D eigenvalue weighted by Gasteiger charge is 2.31. The molecule has 11 heteroatoms. The first-order valence-electron chi connectivity index (χ1n) is 12.9. The minimum absolute atomic E-state index is 0.0442. The summed E-state index contributed by atoms with van der Waals surface area (Å²) in [4.78, 5) is 52.0. The van der Waals surface area contributed by atoms with Gasteiger partial charge in [0, 0.05) is 30.3 Å². The predicted octanol–water partition coefficient (Wildman–Crippen LogP) is 2.98. The first kappa shape index (κ1) is 30.1. The van der Waals surface area contributed by atoms with Crippen LogP contribution >= 0.6 is 0 Å². The predicted molar refractivity (Wildman–Crippen MR) is 149 cm³/mol. The van der Waals surface area contributed by atoms with Crippen LogP contribution in [0.25, 0.3) is 0 Å². The Morgan fingerprint density at radius 1 is 1.10 bits per heavy atom. The molecule has 1 heterocycles. The normalized spacial score (nSPS) is 13.4. The summed E-state index contributed by atoms with van der Waals surface area (Å²) >= 11 is 0. The van der Waals surface area contributed by atoms with Crippen LogP contribution in [0, 0.1) is 5.41 Å². The van der Waals surface area contributed by atoms with Gasteiger partial charge in [0.2, 0.25) is 0 Å². The number of hydrogen-bond donors (Lipinski definition) is 4. The molecular weight excluding hydrogens is 516 g/mol. The molecule has 3 rings (SSSR count). The summed E-state index contributed by atoms with van der Waals surface area (Å²) in [5.41, 5.74) is 1.94. The smallest absolute Gasteiger partial charge is 0.325 e. The molecule has 2 aromatic carbocycles. The molecule has 1 unspecified atom stereocenters. The Labute approximate surface area is 233 Å². The van der Waals surface area contributed by atoms with E-state index in [-0.39, 0.29) is 47.5 Å². The minimum atomic E-state index is -1.20. The number of methoxy groups -OCH3 is 1. The summed E-state index contributed by atoms with van der Waals surface area (Å²) < 4.78 is 11.2. The quantitative estimate of drug-likeness (QED) is 0.328. The van der Waals surface area contributed by atoms with Gasteiger partial charge in [0.05, 0.1) is 31.4 Å². The van der Waals surface area contributed by atoms with Crippen LogP contribution in [0.3, 0.4) is 0 Å². The van der Waals surface area contributed by atoms with Crippen molar-refractivity contribution >= 4 is 29.4 Å². The number of carboxylic acid groups (broad SMARTS) is 1. The molecule has 2 amide bonds. The monoisotopic (exact) mass is 552 g/mol. The Morgan fingerprint density at radius 3 is 2.33 bits per heavy atom. The topological polar surface area (TPSA) is 158 Å². The van der Waals surface area contributed by atoms with Crippen molar-refractivity contribution in [1.29, 1.82) is 5.41 Å². The van der Waals surface area contributed by atoms with Crippen molar-refractivity contribution in [2.45, 2.75) is 52.6 Å². The molecule has 2 aromatic rings. The van der Waals surface area contributed by atoms with Crippen molar-refractivity contribution in [2.75, 3.05) is 27.3 Å². The molecule has 1 atom stereocenters. The van der Waals surface area contributed by atoms with Crippen molar-refractivity contribution in [3.8, 4) is 11.5 Å². The van der Waals surface area contributed by atoms with Gasteiger partial charge in [-0.1, -0.05) is 20.8 Å². The minimum Gasteiger partial charge on any atom is -0.496 e. The summed E-state index contributed by atoms with van der Waals surface area (Å²) in [6.07, 6.45) is 0. The Kier molecular flexibility index (Phi) is 8.87. The van der Waals surface area contributed by atoms with Gasteiger partial charge in [-0.05, 0) is 49.1 Å². The molecule has 0 saturated carbocycles. The SMILES string of the molecule is CCOc1cc2c(cc1C(=O)NC)C(=N)N(CC(=O)c1cc(C(=O)NC(C)C(=O)O)c(OC)c(C(C)(C)C)c1)C2. The van der Waals surface area contributed by atoms with Crippen molar-refractivity contribution < 1.29 is 33.8 Å². The van der Waals surface area contributed by atoms with E-state index in [0.717, 1.165) is 5.56 Å². The number of nitrogens with zero attached hydrogens (tertiary/aromatic N) is 1. The summed E-state index contributed by atoms with van der Waals surface area (Å²) in [6, 6.07) is 5.23. The van der Waals surface area contributed by atoms with Gasteiger partial charge < -0.3 is 30.1 Å². The first-order valence-corrected chi connectivity index (χ1v) is 12.9. The standard InChI is InChI=1S/C29H36N4O7/c1-8-40-23-11-17-13-33(25(30)18(17)12-19(23)26(35)31-6)14-22(34)16-9-20(27(36)32-15(2)28(37)38)24(39-7)21(10-16)29(3,4)5/h9-12,15,30H,8,13-14H2,1-7H3,(H,31,35)(H,32,36)(H,37,38). The Bertz CT molecular complexity index is 1380. The number of rotatable bonds is 10. The number of carbonyl (C=O) groups is 4. The van der Waals surface area contributed by atoms with Gasteiger partial charge in [-0.3, -0.25) is 24.6 Å². The first-order chi connectivity index (χ1) is 18.7. The highest BCUT2D eigenvalue weighted by molar-refractivity contribution is 6.09. The maximum atomic E-state index is 13.6. The summed E-state index contributed by atoms with van der Waals surface area (Å²) in [5.74, 6) is -1.82. The zero-order chi connectivity index (χ0) is 29.9. The number of carboxylic acids is 1. The van der Waals surface area contributed by atoms with E-state index in [4.69, 9.17) is 14.9 Å². The largest absolute Gasteiger partial charge is 0.496 e. The molecule has 0 aromatic heterocycles. The second kappa shape index (κ2) is 11.8. The number of aliphatic carboxylic acids is 1. The number of amides is 2. The lowest BCUT2D eigenvalue weighted by molar-refractivity contribution is -0.138. The van der Waals surface area contributed by atoms with Gasteiger partial charge in [-0.2, -0.15) is 0 Å². The average molecular weight is 553 g/mol. The van der Waals surface area contributed by atoms with Crippen LogP contribution in [0.1, 0.15) is 82.4 Å². The highest BCUT2D eigenvalue weighted by atomic mass is 16.5. The summed E-state index contributed by atoms with van der Waals surface area (Å²) in [5, 5.41) is 22.9. The number of fused-ring (bicyclic) bond motifs is 1. The van der Waals surface area contributed by atoms with Crippen molar-refractivity contribution in [2.24, 2.45) is 0 Å². The number of amidine groups is 1. The van der Waals surface area contributed by atoms with E-state index in [0.29, 0.717) is 29.0 Å². The molecule has 0 saturated heterocycles. The van der Waals surface area contributed by atoms with Gasteiger partial charge in [0.1, 0.15) is 23.4 Å². The van der Waals surface area contributed by atoms with Crippen LogP contribution < -0.4 is 20.1 Å². The molecule has 4 N–H and O–H groups in total. The molecule has 1 aliphatic rings. The fourth-order valence-electron chi connectivity index (χ4n) is 4.49. The van der Waals surface area contributed by atoms with Crippen LogP contribution in [0.5, 0.6) is 11.5 Å². The Morgan fingerprint density at radius 2 is 1.77 bits per heavy atom. The number of benzene rings is 2.